The molecule has 196 valence electrons. The zero-order valence-electron chi connectivity index (χ0n) is 23.1. The Morgan fingerprint density at radius 1 is 0.714 bits per heavy atom. The fourth-order valence-corrected chi connectivity index (χ4v) is 10.3. The van der Waals surface area contributed by atoms with Crippen LogP contribution in [0.25, 0.3) is 11.1 Å². The van der Waals surface area contributed by atoms with Gasteiger partial charge in [-0.2, -0.15) is 24.3 Å². The third kappa shape index (κ3) is 6.74. The predicted molar refractivity (Wildman–Crippen MR) is 153 cm³/mol. The molecule has 0 nitrogen and oxygen atoms in total. The van der Waals surface area contributed by atoms with Crippen LogP contribution in [0.15, 0.2) is 30.3 Å². The molecule has 0 saturated heterocycles. The van der Waals surface area contributed by atoms with E-state index in [0.717, 1.165) is 11.3 Å². The third-order valence-electron chi connectivity index (χ3n) is 8.43. The summed E-state index contributed by atoms with van der Waals surface area (Å²) in [7, 11) is -0.175. The summed E-state index contributed by atoms with van der Waals surface area (Å²) in [5, 5.41) is 1.62. The second-order valence-electron chi connectivity index (χ2n) is 12.0. The van der Waals surface area contributed by atoms with Gasteiger partial charge in [0.1, 0.15) is 0 Å². The van der Waals surface area contributed by atoms with E-state index in [1.165, 1.54) is 75.3 Å². The molecule has 2 aliphatic carbocycles. The van der Waals surface area contributed by atoms with Crippen LogP contribution in [0.5, 0.6) is 0 Å². The second-order valence-corrected chi connectivity index (χ2v) is 14.7. The average Bonchev–Trinajstić information content (AvgIpc) is 2.85. The maximum absolute atomic E-state index is 3.93. The quantitative estimate of drug-likeness (QED) is 0.156. The molecular weight excluding hydrogens is 624 g/mol. The topological polar surface area (TPSA) is 0 Å². The van der Waals surface area contributed by atoms with Crippen LogP contribution in [0, 0.1) is 6.07 Å². The summed E-state index contributed by atoms with van der Waals surface area (Å²) in [6, 6.07) is 16.0. The summed E-state index contributed by atoms with van der Waals surface area (Å²) in [5.41, 5.74) is 9.51. The van der Waals surface area contributed by atoms with Gasteiger partial charge in [-0.25, -0.2) is 0 Å². The molecule has 2 heteroatoms. The predicted octanol–water partition coefficient (Wildman–Crippen LogP) is 10.3. The zero-order valence-corrected chi connectivity index (χ0v) is 26.2. The molecule has 0 aromatic heterocycles. The Morgan fingerprint density at radius 3 is 1.63 bits per heavy atom. The normalized spacial score (nSPS) is 18.0. The van der Waals surface area contributed by atoms with Gasteiger partial charge in [0.25, 0.3) is 0 Å². The Bertz CT molecular complexity index is 885. The minimum Gasteiger partial charge on any atom is -0.176 e. The monoisotopic (exact) mass is 672 g/mol. The molecule has 0 radical (unpaired) electrons. The molecule has 2 aliphatic rings. The molecule has 2 fully saturated rings. The van der Waals surface area contributed by atoms with Crippen LogP contribution >= 0.6 is 7.92 Å². The molecule has 4 rings (SSSR count). The molecule has 2 aromatic carbocycles. The maximum Gasteiger partial charge on any atom is 1.00 e. The van der Waals surface area contributed by atoms with Crippen molar-refractivity contribution in [3.8, 4) is 11.1 Å². The van der Waals surface area contributed by atoms with Gasteiger partial charge in [-0.3, -0.25) is 0 Å². The molecule has 0 aliphatic heterocycles. The van der Waals surface area contributed by atoms with Crippen molar-refractivity contribution in [1.82, 2.24) is 0 Å². The van der Waals surface area contributed by atoms with E-state index in [4.69, 9.17) is 0 Å². The SMILES string of the molecule is CC(C)c1cc(C(C)C)c(-c2ccc[c-]c2P(C2CCCCC2)C2CCCCC2)c(C(C)C)c1.[Au+]. The van der Waals surface area contributed by atoms with Crippen molar-refractivity contribution in [2.75, 3.05) is 0 Å². The molecule has 0 amide bonds. The summed E-state index contributed by atoms with van der Waals surface area (Å²) >= 11 is 0. The van der Waals surface area contributed by atoms with Crippen LogP contribution in [0.3, 0.4) is 0 Å². The molecule has 2 aromatic rings. The number of rotatable bonds is 7. The van der Waals surface area contributed by atoms with E-state index >= 15 is 0 Å². The second kappa shape index (κ2) is 13.4. The molecular formula is C33H48AuP. The first-order valence-electron chi connectivity index (χ1n) is 14.4. The molecule has 0 spiro atoms. The maximum atomic E-state index is 3.93. The number of benzene rings is 2. The van der Waals surface area contributed by atoms with Crippen molar-refractivity contribution >= 4 is 13.2 Å². The molecule has 0 heterocycles. The first-order chi connectivity index (χ1) is 16.4. The van der Waals surface area contributed by atoms with Gasteiger partial charge in [0.05, 0.1) is 0 Å². The fourth-order valence-electron chi connectivity index (χ4n) is 6.49. The summed E-state index contributed by atoms with van der Waals surface area (Å²) < 4.78 is 0. The molecule has 0 N–H and O–H groups in total. The van der Waals surface area contributed by atoms with Crippen LogP contribution in [-0.4, -0.2) is 11.3 Å². The largest absolute Gasteiger partial charge is 1.00 e. The van der Waals surface area contributed by atoms with E-state index in [9.17, 15) is 0 Å². The number of hydrogen-bond donors (Lipinski definition) is 0. The minimum atomic E-state index is -0.175. The van der Waals surface area contributed by atoms with Gasteiger partial charge in [0.15, 0.2) is 0 Å². The van der Waals surface area contributed by atoms with Gasteiger partial charge < -0.3 is 0 Å². The van der Waals surface area contributed by atoms with Gasteiger partial charge in [-0.15, -0.1) is 10.9 Å². The summed E-state index contributed by atoms with van der Waals surface area (Å²) in [4.78, 5) is 0. The van der Waals surface area contributed by atoms with Crippen LogP contribution in [-0.2, 0) is 22.4 Å². The first-order valence-corrected chi connectivity index (χ1v) is 15.8. The Kier molecular flexibility index (Phi) is 11.2. The summed E-state index contributed by atoms with van der Waals surface area (Å²) in [6.07, 6.45) is 14.4. The van der Waals surface area contributed by atoms with E-state index in [1.54, 1.807) is 22.0 Å². The van der Waals surface area contributed by atoms with E-state index in [2.05, 4.69) is 77.9 Å². The molecule has 35 heavy (non-hydrogen) atoms. The van der Waals surface area contributed by atoms with E-state index in [0.29, 0.717) is 17.8 Å². The Hall–Kier alpha value is -0.390. The van der Waals surface area contributed by atoms with E-state index in [1.807, 2.05) is 0 Å². The van der Waals surface area contributed by atoms with Gasteiger partial charge in [0.2, 0.25) is 0 Å². The van der Waals surface area contributed by atoms with E-state index in [-0.39, 0.29) is 30.3 Å². The standard InChI is InChI=1S/C33H48P.Au/c1-23(2)26-21-30(24(3)4)33(31(22-26)25(5)6)29-19-13-14-20-32(29)34(27-15-9-7-10-16-27)28-17-11-8-12-18-28;/h13-14,19,21-25,27-28H,7-12,15-18H2,1-6H3;/q-1;+1. The van der Waals surface area contributed by atoms with Crippen molar-refractivity contribution in [3.63, 3.8) is 0 Å². The molecule has 0 atom stereocenters. The van der Waals surface area contributed by atoms with Crippen molar-refractivity contribution < 1.29 is 22.4 Å². The Balaban J connectivity index is 0.00000342. The van der Waals surface area contributed by atoms with Crippen molar-refractivity contribution in [1.29, 1.82) is 0 Å². The molecule has 2 saturated carbocycles. The van der Waals surface area contributed by atoms with Crippen LogP contribution < -0.4 is 5.30 Å². The Morgan fingerprint density at radius 2 is 1.20 bits per heavy atom. The van der Waals surface area contributed by atoms with Gasteiger partial charge in [-0.1, -0.05) is 106 Å². The van der Waals surface area contributed by atoms with E-state index < -0.39 is 0 Å². The van der Waals surface area contributed by atoms with Crippen LogP contribution in [0.1, 0.15) is 140 Å². The van der Waals surface area contributed by atoms with Crippen molar-refractivity contribution in [3.05, 3.63) is 53.1 Å². The van der Waals surface area contributed by atoms with Gasteiger partial charge in [-0.05, 0) is 71.4 Å². The first kappa shape index (κ1) is 29.2. The molecule has 0 bridgehead atoms. The fraction of sp³-hybridized carbons (Fsp3) is 0.636. The Labute approximate surface area is 233 Å². The van der Waals surface area contributed by atoms with Crippen molar-refractivity contribution in [2.45, 2.75) is 135 Å². The smallest absolute Gasteiger partial charge is 0.176 e. The van der Waals surface area contributed by atoms with Gasteiger partial charge in [0, 0.05) is 0 Å². The van der Waals surface area contributed by atoms with Crippen LogP contribution in [0.2, 0.25) is 0 Å². The zero-order chi connectivity index (χ0) is 24.2. The number of hydrogen-bond acceptors (Lipinski definition) is 0. The summed E-state index contributed by atoms with van der Waals surface area (Å²) in [5.74, 6) is 1.61. The third-order valence-corrected chi connectivity index (χ3v) is 11.9. The summed E-state index contributed by atoms with van der Waals surface area (Å²) in [6.45, 7) is 14.3. The van der Waals surface area contributed by atoms with Crippen molar-refractivity contribution in [2.24, 2.45) is 0 Å². The molecule has 0 unspecified atom stereocenters. The van der Waals surface area contributed by atoms with Gasteiger partial charge >= 0.3 is 22.4 Å². The minimum absolute atomic E-state index is 0. The average molecular weight is 673 g/mol. The van der Waals surface area contributed by atoms with Crippen LogP contribution in [0.4, 0.5) is 0 Å².